The molecule has 0 aromatic heterocycles. The number of nitrogens with zero attached hydrogens (tertiary/aromatic N) is 2. The zero-order valence-electron chi connectivity index (χ0n) is 18.9. The van der Waals surface area contributed by atoms with Gasteiger partial charge >= 0.3 is 0 Å². The highest BCUT2D eigenvalue weighted by molar-refractivity contribution is 6.19. The van der Waals surface area contributed by atoms with Crippen LogP contribution in [0, 0.1) is 0 Å². The maximum atomic E-state index is 13.3. The largest absolute Gasteiger partial charge is 0.486 e. The summed E-state index contributed by atoms with van der Waals surface area (Å²) in [4.78, 5) is 32.5. The second kappa shape index (κ2) is 9.39. The van der Waals surface area contributed by atoms with E-state index in [0.717, 1.165) is 12.0 Å². The molecule has 34 heavy (non-hydrogen) atoms. The molecule has 0 saturated carbocycles. The van der Waals surface area contributed by atoms with Crippen LogP contribution in [-0.4, -0.2) is 37.3 Å². The molecule has 1 N–H and O–H groups in total. The first-order valence-corrected chi connectivity index (χ1v) is 11.4. The lowest BCUT2D eigenvalue weighted by Crippen LogP contribution is -2.38. The van der Waals surface area contributed by atoms with Crippen molar-refractivity contribution >= 4 is 34.6 Å². The van der Waals surface area contributed by atoms with Gasteiger partial charge in [-0.25, -0.2) is 0 Å². The summed E-state index contributed by atoms with van der Waals surface area (Å²) in [6.45, 7) is 2.95. The van der Waals surface area contributed by atoms with E-state index in [1.165, 1.54) is 10.5 Å². The minimum Gasteiger partial charge on any atom is -0.486 e. The maximum absolute atomic E-state index is 13.3. The highest BCUT2D eigenvalue weighted by Gasteiger charge is 2.27. The minimum atomic E-state index is -0.310. The number of para-hydroxylation sites is 2. The molecule has 7 nitrogen and oxygen atoms in total. The summed E-state index contributed by atoms with van der Waals surface area (Å²) >= 11 is 0. The van der Waals surface area contributed by atoms with Crippen LogP contribution in [-0.2, 0) is 16.0 Å². The van der Waals surface area contributed by atoms with Crippen LogP contribution < -0.4 is 19.7 Å². The topological polar surface area (TPSA) is 80.2 Å². The van der Waals surface area contributed by atoms with E-state index >= 15 is 0 Å². The molecule has 2 heterocycles. The van der Waals surface area contributed by atoms with E-state index in [4.69, 9.17) is 14.5 Å². The van der Waals surface area contributed by atoms with Crippen LogP contribution in [0.4, 0.5) is 17.1 Å². The van der Waals surface area contributed by atoms with Crippen molar-refractivity contribution in [3.8, 4) is 11.5 Å². The molecular weight excluding hydrogens is 430 g/mol. The number of aliphatic imine (C=N–C) groups is 1. The lowest BCUT2D eigenvalue weighted by molar-refractivity contribution is -0.120. The molecule has 0 unspecified atom stereocenters. The molecule has 3 aromatic rings. The number of hydrogen-bond donors (Lipinski definition) is 1. The Morgan fingerprint density at radius 2 is 1.76 bits per heavy atom. The molecule has 2 aliphatic heterocycles. The molecule has 2 amide bonds. The quantitative estimate of drug-likeness (QED) is 0.614. The van der Waals surface area contributed by atoms with Gasteiger partial charge < -0.3 is 19.7 Å². The highest BCUT2D eigenvalue weighted by Crippen LogP contribution is 2.34. The Hall–Kier alpha value is -4.13. The van der Waals surface area contributed by atoms with Gasteiger partial charge in [-0.15, -0.1) is 0 Å². The molecule has 0 saturated heterocycles. The molecule has 0 fully saturated rings. The Balaban J connectivity index is 1.37. The number of carbonyl (C=O) groups is 2. The van der Waals surface area contributed by atoms with Crippen molar-refractivity contribution in [1.82, 2.24) is 0 Å². The summed E-state index contributed by atoms with van der Waals surface area (Å²) in [6, 6.07) is 20.7. The lowest BCUT2D eigenvalue weighted by Gasteiger charge is -2.22. The van der Waals surface area contributed by atoms with Crippen molar-refractivity contribution in [2.24, 2.45) is 4.99 Å². The number of rotatable bonds is 5. The Labute approximate surface area is 198 Å². The van der Waals surface area contributed by atoms with Crippen molar-refractivity contribution in [3.05, 3.63) is 77.9 Å². The third-order valence-electron chi connectivity index (χ3n) is 5.87. The van der Waals surface area contributed by atoms with Crippen molar-refractivity contribution in [2.75, 3.05) is 30.0 Å². The van der Waals surface area contributed by atoms with Crippen LogP contribution in [0.25, 0.3) is 0 Å². The number of aryl methyl sites for hydroxylation is 1. The van der Waals surface area contributed by atoms with Crippen molar-refractivity contribution < 1.29 is 19.1 Å². The van der Waals surface area contributed by atoms with Gasteiger partial charge in [0, 0.05) is 11.8 Å². The number of anilines is 2. The van der Waals surface area contributed by atoms with Crippen LogP contribution in [0.3, 0.4) is 0 Å². The van der Waals surface area contributed by atoms with E-state index in [1.807, 2.05) is 36.4 Å². The molecule has 0 bridgehead atoms. The molecule has 2 aliphatic rings. The summed E-state index contributed by atoms with van der Waals surface area (Å²) in [5, 5.41) is 2.86. The number of carbonyl (C=O) groups excluding carboxylic acids is 2. The first-order valence-electron chi connectivity index (χ1n) is 11.4. The molecular formula is C27H25N3O4. The van der Waals surface area contributed by atoms with Crippen LogP contribution in [0.1, 0.15) is 24.5 Å². The van der Waals surface area contributed by atoms with Crippen LogP contribution in [0.2, 0.25) is 0 Å². The third kappa shape index (κ3) is 4.50. The van der Waals surface area contributed by atoms with Crippen LogP contribution in [0.5, 0.6) is 11.5 Å². The average Bonchev–Trinajstić information content (AvgIpc) is 3.00. The molecule has 172 valence electrons. The van der Waals surface area contributed by atoms with Gasteiger partial charge in [-0.2, -0.15) is 0 Å². The number of hydrogen-bond acceptors (Lipinski definition) is 5. The summed E-state index contributed by atoms with van der Waals surface area (Å²) < 4.78 is 11.1. The maximum Gasteiger partial charge on any atom is 0.244 e. The van der Waals surface area contributed by atoms with E-state index in [1.54, 1.807) is 18.2 Å². The number of fused-ring (bicyclic) bond motifs is 2. The Morgan fingerprint density at radius 1 is 1.00 bits per heavy atom. The molecule has 0 atom stereocenters. The Kier molecular flexibility index (Phi) is 5.99. The summed E-state index contributed by atoms with van der Waals surface area (Å²) in [6.07, 6.45) is 1.05. The van der Waals surface area contributed by atoms with Gasteiger partial charge in [-0.05, 0) is 41.8 Å². The lowest BCUT2D eigenvalue weighted by atomic mass is 10.0. The minimum absolute atomic E-state index is 0.109. The highest BCUT2D eigenvalue weighted by atomic mass is 16.6. The van der Waals surface area contributed by atoms with Gasteiger partial charge in [0.05, 0.1) is 23.5 Å². The first kappa shape index (κ1) is 21.7. The molecule has 3 aromatic carbocycles. The van der Waals surface area contributed by atoms with E-state index in [2.05, 4.69) is 24.4 Å². The molecule has 0 radical (unpaired) electrons. The zero-order chi connectivity index (χ0) is 23.5. The molecule has 7 heteroatoms. The number of benzene rings is 3. The third-order valence-corrected chi connectivity index (χ3v) is 5.87. The SMILES string of the molecule is CCc1ccc(C2=Nc3ccccc3N(CC(=O)Nc3ccc4c(c3)OCCO4)C(=O)C2)cc1. The predicted molar refractivity (Wildman–Crippen MR) is 131 cm³/mol. The van der Waals surface area contributed by atoms with Gasteiger partial charge in [-0.3, -0.25) is 14.6 Å². The molecule has 5 rings (SSSR count). The average molecular weight is 456 g/mol. The van der Waals surface area contributed by atoms with E-state index < -0.39 is 0 Å². The fraction of sp³-hybridized carbons (Fsp3) is 0.222. The van der Waals surface area contributed by atoms with Crippen molar-refractivity contribution in [1.29, 1.82) is 0 Å². The monoisotopic (exact) mass is 455 g/mol. The second-order valence-electron chi connectivity index (χ2n) is 8.16. The number of nitrogens with one attached hydrogen (secondary N) is 1. The summed E-state index contributed by atoms with van der Waals surface area (Å²) in [7, 11) is 0. The fourth-order valence-electron chi connectivity index (χ4n) is 4.08. The number of amides is 2. The Morgan fingerprint density at radius 3 is 2.56 bits per heavy atom. The van der Waals surface area contributed by atoms with Crippen molar-refractivity contribution in [3.63, 3.8) is 0 Å². The Bertz CT molecular complexity index is 1270. The van der Waals surface area contributed by atoms with Gasteiger partial charge in [-0.1, -0.05) is 43.3 Å². The second-order valence-corrected chi connectivity index (χ2v) is 8.16. The molecule has 0 spiro atoms. The van der Waals surface area contributed by atoms with Gasteiger partial charge in [0.2, 0.25) is 11.8 Å². The van der Waals surface area contributed by atoms with E-state index in [9.17, 15) is 9.59 Å². The van der Waals surface area contributed by atoms with Crippen LogP contribution >= 0.6 is 0 Å². The fourth-order valence-corrected chi connectivity index (χ4v) is 4.08. The summed E-state index contributed by atoms with van der Waals surface area (Å²) in [5.74, 6) is 0.751. The van der Waals surface area contributed by atoms with Crippen LogP contribution in [0.15, 0.2) is 71.7 Å². The standard InChI is InChI=1S/C27H25N3O4/c1-2-18-7-9-19(10-8-18)22-16-27(32)30(23-6-4-3-5-21(23)29-22)17-26(31)28-20-11-12-24-25(15-20)34-14-13-33-24/h3-12,15H,2,13-14,16-17H2,1H3,(H,28,31). The molecule has 0 aliphatic carbocycles. The zero-order valence-corrected chi connectivity index (χ0v) is 18.9. The van der Waals surface area contributed by atoms with E-state index in [-0.39, 0.29) is 24.8 Å². The van der Waals surface area contributed by atoms with E-state index in [0.29, 0.717) is 47.5 Å². The van der Waals surface area contributed by atoms with Gasteiger partial charge in [0.1, 0.15) is 19.8 Å². The number of ether oxygens (including phenoxy) is 2. The van der Waals surface area contributed by atoms with Gasteiger partial charge in [0.15, 0.2) is 11.5 Å². The van der Waals surface area contributed by atoms with Gasteiger partial charge in [0.25, 0.3) is 0 Å². The normalized spacial score (nSPS) is 14.7. The smallest absolute Gasteiger partial charge is 0.244 e. The summed E-state index contributed by atoms with van der Waals surface area (Å²) in [5.41, 5.74) is 4.68. The van der Waals surface area contributed by atoms with Crippen molar-refractivity contribution in [2.45, 2.75) is 19.8 Å². The first-order chi connectivity index (χ1) is 16.6. The predicted octanol–water partition coefficient (Wildman–Crippen LogP) is 4.52.